The van der Waals surface area contributed by atoms with Gasteiger partial charge in [-0.3, -0.25) is 0 Å². The molecule has 1 aromatic rings. The van der Waals surface area contributed by atoms with Gasteiger partial charge in [-0.1, -0.05) is 30.3 Å². The zero-order valence-corrected chi connectivity index (χ0v) is 11.5. The maximum Gasteiger partial charge on any atom is 0.222 e. The highest BCUT2D eigenvalue weighted by Crippen LogP contribution is 2.09. The van der Waals surface area contributed by atoms with Crippen molar-refractivity contribution in [2.75, 3.05) is 7.11 Å². The molecule has 0 atom stereocenters. The van der Waals surface area contributed by atoms with Crippen molar-refractivity contribution in [2.24, 2.45) is 10.2 Å². The number of allylic oxidation sites excluding steroid dienone is 1. The molecule has 92 valence electrons. The lowest BCUT2D eigenvalue weighted by molar-refractivity contribution is 0.393. The third kappa shape index (κ3) is 5.41. The van der Waals surface area contributed by atoms with E-state index < -0.39 is 0 Å². The standard InChI is InChI=1S/C13H12BrN3O/c1-18-13(7-8-15)17-16-10-12(14)9-11-5-3-2-4-6-11/h2-6,9-10H,7H2,1H3/b12-9-,16-10+,17-13-. The first-order chi connectivity index (χ1) is 8.76. The van der Waals surface area contributed by atoms with Gasteiger partial charge in [-0.25, -0.2) is 0 Å². The van der Waals surface area contributed by atoms with Crippen LogP contribution in [0, 0.1) is 11.3 Å². The van der Waals surface area contributed by atoms with Crippen LogP contribution in [0.2, 0.25) is 0 Å². The van der Waals surface area contributed by atoms with Gasteiger partial charge in [0, 0.05) is 4.48 Å². The van der Waals surface area contributed by atoms with Gasteiger partial charge in [0.05, 0.1) is 19.4 Å². The van der Waals surface area contributed by atoms with Crippen molar-refractivity contribution in [1.29, 1.82) is 5.26 Å². The van der Waals surface area contributed by atoms with Crippen LogP contribution >= 0.6 is 15.9 Å². The van der Waals surface area contributed by atoms with E-state index in [0.29, 0.717) is 0 Å². The second-order valence-corrected chi connectivity index (χ2v) is 4.13. The third-order valence-electron chi connectivity index (χ3n) is 1.92. The van der Waals surface area contributed by atoms with E-state index in [1.807, 2.05) is 42.5 Å². The number of nitrogens with zero attached hydrogens (tertiary/aromatic N) is 3. The van der Waals surface area contributed by atoms with E-state index in [1.165, 1.54) is 7.11 Å². The molecule has 0 aromatic heterocycles. The maximum atomic E-state index is 8.49. The molecule has 4 nitrogen and oxygen atoms in total. The van der Waals surface area contributed by atoms with Crippen LogP contribution in [0.25, 0.3) is 6.08 Å². The van der Waals surface area contributed by atoms with Gasteiger partial charge in [-0.05, 0) is 27.6 Å². The number of rotatable bonds is 4. The summed E-state index contributed by atoms with van der Waals surface area (Å²) in [6.07, 6.45) is 3.56. The van der Waals surface area contributed by atoms with Crippen LogP contribution in [0.15, 0.2) is 45.0 Å². The molecule has 18 heavy (non-hydrogen) atoms. The molecule has 0 N–H and O–H groups in total. The monoisotopic (exact) mass is 305 g/mol. The lowest BCUT2D eigenvalue weighted by Crippen LogP contribution is -1.98. The highest BCUT2D eigenvalue weighted by Gasteiger charge is 1.94. The van der Waals surface area contributed by atoms with E-state index >= 15 is 0 Å². The van der Waals surface area contributed by atoms with Crippen molar-refractivity contribution in [3.8, 4) is 6.07 Å². The smallest absolute Gasteiger partial charge is 0.222 e. The Morgan fingerprint density at radius 3 is 2.78 bits per heavy atom. The molecule has 0 spiro atoms. The second-order valence-electron chi connectivity index (χ2n) is 3.22. The highest BCUT2D eigenvalue weighted by molar-refractivity contribution is 9.12. The fourth-order valence-electron chi connectivity index (χ4n) is 1.11. The second kappa shape index (κ2) is 8.20. The summed E-state index contributed by atoms with van der Waals surface area (Å²) in [7, 11) is 1.46. The number of methoxy groups -OCH3 is 1. The van der Waals surface area contributed by atoms with Crippen LogP contribution in [0.3, 0.4) is 0 Å². The van der Waals surface area contributed by atoms with E-state index in [0.717, 1.165) is 10.0 Å². The first-order valence-electron chi connectivity index (χ1n) is 5.19. The molecule has 5 heteroatoms. The first kappa shape index (κ1) is 14.1. The van der Waals surface area contributed by atoms with Crippen molar-refractivity contribution < 1.29 is 4.74 Å². The fourth-order valence-corrected chi connectivity index (χ4v) is 1.47. The molecule has 0 saturated heterocycles. The van der Waals surface area contributed by atoms with Crippen molar-refractivity contribution in [3.05, 3.63) is 40.4 Å². The predicted molar refractivity (Wildman–Crippen MR) is 76.5 cm³/mol. The van der Waals surface area contributed by atoms with Crippen LogP contribution in [-0.2, 0) is 4.74 Å². The quantitative estimate of drug-likeness (QED) is 0.486. The molecule has 0 aliphatic rings. The topological polar surface area (TPSA) is 57.7 Å². The Morgan fingerprint density at radius 2 is 2.17 bits per heavy atom. The SMILES string of the molecule is CO\C(CC#N)=N/N=C/C(Br)=C/c1ccccc1. The van der Waals surface area contributed by atoms with Crippen molar-refractivity contribution in [1.82, 2.24) is 0 Å². The van der Waals surface area contributed by atoms with Gasteiger partial charge in [-0.2, -0.15) is 10.4 Å². The first-order valence-corrected chi connectivity index (χ1v) is 5.98. The summed E-state index contributed by atoms with van der Waals surface area (Å²) >= 11 is 3.36. The van der Waals surface area contributed by atoms with Gasteiger partial charge in [0.15, 0.2) is 0 Å². The summed E-state index contributed by atoms with van der Waals surface area (Å²) in [5, 5.41) is 16.1. The fraction of sp³-hybridized carbons (Fsp3) is 0.154. The normalized spacial score (nSPS) is 12.5. The number of benzene rings is 1. The molecule has 1 rings (SSSR count). The summed E-state index contributed by atoms with van der Waals surface area (Å²) in [5.41, 5.74) is 1.06. The number of nitriles is 1. The Morgan fingerprint density at radius 1 is 1.44 bits per heavy atom. The lowest BCUT2D eigenvalue weighted by atomic mass is 10.2. The van der Waals surface area contributed by atoms with Crippen LogP contribution in [0.5, 0.6) is 0 Å². The molecule has 0 saturated carbocycles. The molecule has 0 unspecified atom stereocenters. The Hall–Kier alpha value is -1.93. The van der Waals surface area contributed by atoms with Crippen molar-refractivity contribution in [2.45, 2.75) is 6.42 Å². The molecule has 0 amide bonds. The summed E-state index contributed by atoms with van der Waals surface area (Å²) in [4.78, 5) is 0. The van der Waals surface area contributed by atoms with Crippen LogP contribution in [0.4, 0.5) is 0 Å². The minimum atomic E-state index is 0.105. The lowest BCUT2D eigenvalue weighted by Gasteiger charge is -1.95. The molecular formula is C13H12BrN3O. The van der Waals surface area contributed by atoms with Crippen LogP contribution in [-0.4, -0.2) is 19.2 Å². The predicted octanol–water partition coefficient (Wildman–Crippen LogP) is 3.37. The van der Waals surface area contributed by atoms with Crippen molar-refractivity contribution >= 4 is 34.1 Å². The van der Waals surface area contributed by atoms with Crippen LogP contribution < -0.4 is 0 Å². The number of hydrogen-bond acceptors (Lipinski definition) is 4. The average Bonchev–Trinajstić information content (AvgIpc) is 2.39. The van der Waals surface area contributed by atoms with E-state index in [4.69, 9.17) is 10.00 Å². The van der Waals surface area contributed by atoms with E-state index in [2.05, 4.69) is 26.1 Å². The summed E-state index contributed by atoms with van der Waals surface area (Å²) < 4.78 is 5.65. The molecule has 0 bridgehead atoms. The Balaban J connectivity index is 2.67. The van der Waals surface area contributed by atoms with Crippen LogP contribution in [0.1, 0.15) is 12.0 Å². The van der Waals surface area contributed by atoms with Gasteiger partial charge in [0.1, 0.15) is 6.42 Å². The molecule has 0 radical (unpaired) electrons. The zero-order valence-electron chi connectivity index (χ0n) is 9.88. The number of hydrogen-bond donors (Lipinski definition) is 0. The Bertz CT molecular complexity index is 501. The Kier molecular flexibility index (Phi) is 6.44. The maximum absolute atomic E-state index is 8.49. The van der Waals surface area contributed by atoms with Gasteiger partial charge in [0.2, 0.25) is 5.90 Å². The third-order valence-corrected chi connectivity index (χ3v) is 2.35. The van der Waals surface area contributed by atoms with Gasteiger partial charge < -0.3 is 4.74 Å². The van der Waals surface area contributed by atoms with Crippen molar-refractivity contribution in [3.63, 3.8) is 0 Å². The largest absolute Gasteiger partial charge is 0.482 e. The molecular weight excluding hydrogens is 294 g/mol. The summed E-state index contributed by atoms with van der Waals surface area (Å²) in [6.45, 7) is 0. The van der Waals surface area contributed by atoms with E-state index in [1.54, 1.807) is 6.21 Å². The molecule has 0 fully saturated rings. The number of halogens is 1. The molecule has 0 aliphatic heterocycles. The minimum absolute atomic E-state index is 0.105. The van der Waals surface area contributed by atoms with E-state index in [9.17, 15) is 0 Å². The van der Waals surface area contributed by atoms with E-state index in [-0.39, 0.29) is 12.3 Å². The summed E-state index contributed by atoms with van der Waals surface area (Å²) in [5.74, 6) is 0.286. The molecule has 0 aliphatic carbocycles. The Labute approximate surface area is 114 Å². The average molecular weight is 306 g/mol. The van der Waals surface area contributed by atoms with Gasteiger partial charge >= 0.3 is 0 Å². The summed E-state index contributed by atoms with van der Waals surface area (Å²) in [6, 6.07) is 11.8. The minimum Gasteiger partial charge on any atom is -0.482 e. The number of ether oxygens (including phenoxy) is 1. The zero-order chi connectivity index (χ0) is 13.2. The highest BCUT2D eigenvalue weighted by atomic mass is 79.9. The van der Waals surface area contributed by atoms with Gasteiger partial charge in [0.25, 0.3) is 0 Å². The molecule has 0 heterocycles. The van der Waals surface area contributed by atoms with Gasteiger partial charge in [-0.15, -0.1) is 5.10 Å². The molecule has 1 aromatic carbocycles.